The second-order valence-electron chi connectivity index (χ2n) is 6.30. The minimum Gasteiger partial charge on any atom is -0.354 e. The average molecular weight is 440 g/mol. The summed E-state index contributed by atoms with van der Waals surface area (Å²) >= 11 is 0. The van der Waals surface area contributed by atoms with Crippen molar-refractivity contribution in [1.29, 1.82) is 0 Å². The first-order chi connectivity index (χ1) is 10.4. The van der Waals surface area contributed by atoms with Gasteiger partial charge in [0.1, 0.15) is 6.54 Å². The maximum absolute atomic E-state index is 11.7. The van der Waals surface area contributed by atoms with Gasteiger partial charge in [0.25, 0.3) is 0 Å². The Bertz CT molecular complexity index is 335. The molecular weight excluding hydrogens is 403 g/mol. The van der Waals surface area contributed by atoms with Crippen molar-refractivity contribution in [2.75, 3.05) is 20.6 Å². The van der Waals surface area contributed by atoms with Gasteiger partial charge in [-0.15, -0.1) is 24.0 Å². The summed E-state index contributed by atoms with van der Waals surface area (Å²) in [5.41, 5.74) is 0. The van der Waals surface area contributed by atoms with Crippen LogP contribution in [0.15, 0.2) is 4.99 Å². The van der Waals surface area contributed by atoms with Crippen molar-refractivity contribution in [1.82, 2.24) is 15.5 Å². The molecule has 1 amide bonds. The van der Waals surface area contributed by atoms with E-state index in [1.807, 2.05) is 0 Å². The number of likely N-dealkylation sites (N-methyl/N-ethyl adjacent to an activating group) is 1. The number of aliphatic imine (C=N–C) groups is 1. The smallest absolute Gasteiger partial charge is 0.243 e. The van der Waals surface area contributed by atoms with E-state index in [4.69, 9.17) is 0 Å². The summed E-state index contributed by atoms with van der Waals surface area (Å²) < 4.78 is 0. The molecule has 0 radical (unpaired) electrons. The number of halogens is 1. The van der Waals surface area contributed by atoms with Gasteiger partial charge in [-0.05, 0) is 26.7 Å². The van der Waals surface area contributed by atoms with Crippen molar-refractivity contribution in [2.45, 2.75) is 78.3 Å². The van der Waals surface area contributed by atoms with Crippen LogP contribution in [0.1, 0.15) is 66.2 Å². The van der Waals surface area contributed by atoms with Crippen LogP contribution >= 0.6 is 24.0 Å². The van der Waals surface area contributed by atoms with Crippen LogP contribution in [-0.2, 0) is 4.79 Å². The van der Waals surface area contributed by atoms with Gasteiger partial charge in [-0.25, -0.2) is 4.99 Å². The topological polar surface area (TPSA) is 56.7 Å². The van der Waals surface area contributed by atoms with Crippen molar-refractivity contribution >= 4 is 35.8 Å². The molecule has 2 unspecified atom stereocenters. The maximum atomic E-state index is 11.7. The summed E-state index contributed by atoms with van der Waals surface area (Å²) in [5, 5.41) is 6.78. The molecule has 23 heavy (non-hydrogen) atoms. The minimum absolute atomic E-state index is 0. The highest BCUT2D eigenvalue weighted by molar-refractivity contribution is 14.0. The second kappa shape index (κ2) is 15.0. The van der Waals surface area contributed by atoms with E-state index in [-0.39, 0.29) is 36.4 Å². The van der Waals surface area contributed by atoms with Crippen LogP contribution in [0, 0.1) is 0 Å². The summed E-state index contributed by atoms with van der Waals surface area (Å²) in [5.74, 6) is 0.758. The molecule has 0 saturated heterocycles. The van der Waals surface area contributed by atoms with Crippen LogP contribution < -0.4 is 10.6 Å². The predicted molar refractivity (Wildman–Crippen MR) is 111 cm³/mol. The van der Waals surface area contributed by atoms with Crippen LogP contribution in [0.25, 0.3) is 0 Å². The summed E-state index contributed by atoms with van der Waals surface area (Å²) in [4.78, 5) is 17.7. The molecule has 0 bridgehead atoms. The molecule has 0 fully saturated rings. The molecule has 0 heterocycles. The number of nitrogens with one attached hydrogen (secondary N) is 2. The Hall–Kier alpha value is -0.530. The number of carbonyl (C=O) groups excluding carboxylic acids is 1. The molecule has 0 aliphatic carbocycles. The highest BCUT2D eigenvalue weighted by Gasteiger charge is 2.09. The third-order valence-electron chi connectivity index (χ3n) is 3.74. The van der Waals surface area contributed by atoms with E-state index in [9.17, 15) is 4.79 Å². The van der Waals surface area contributed by atoms with E-state index in [1.165, 1.54) is 25.7 Å². The number of guanidine groups is 1. The van der Waals surface area contributed by atoms with Gasteiger partial charge in [0.2, 0.25) is 5.91 Å². The first-order valence-corrected chi connectivity index (χ1v) is 8.68. The van der Waals surface area contributed by atoms with Crippen molar-refractivity contribution in [2.24, 2.45) is 4.99 Å². The Morgan fingerprint density at radius 3 is 2.17 bits per heavy atom. The van der Waals surface area contributed by atoms with Gasteiger partial charge >= 0.3 is 0 Å². The Balaban J connectivity index is 0. The fourth-order valence-electron chi connectivity index (χ4n) is 1.94. The SMILES string of the molecule is CCCCCCC(C)NC(=NCC(=O)N(C)C)NC(C)CC.I. The molecule has 0 aromatic heterocycles. The Morgan fingerprint density at radius 1 is 1.04 bits per heavy atom. The maximum Gasteiger partial charge on any atom is 0.243 e. The van der Waals surface area contributed by atoms with Gasteiger partial charge in [0, 0.05) is 26.2 Å². The van der Waals surface area contributed by atoms with Gasteiger partial charge in [-0.3, -0.25) is 4.79 Å². The van der Waals surface area contributed by atoms with E-state index in [1.54, 1.807) is 19.0 Å². The molecule has 138 valence electrons. The molecule has 2 atom stereocenters. The zero-order valence-corrected chi connectivity index (χ0v) is 18.1. The second-order valence-corrected chi connectivity index (χ2v) is 6.30. The number of hydrogen-bond acceptors (Lipinski definition) is 2. The summed E-state index contributed by atoms with van der Waals surface area (Å²) in [6.07, 6.45) is 7.23. The molecular formula is C17H37IN4O. The van der Waals surface area contributed by atoms with Crippen LogP contribution in [-0.4, -0.2) is 49.5 Å². The van der Waals surface area contributed by atoms with E-state index >= 15 is 0 Å². The number of amides is 1. The summed E-state index contributed by atoms with van der Waals surface area (Å²) in [7, 11) is 3.51. The zero-order chi connectivity index (χ0) is 17.0. The lowest BCUT2D eigenvalue weighted by atomic mass is 10.1. The molecule has 0 aromatic rings. The molecule has 5 nitrogen and oxygen atoms in total. The summed E-state index contributed by atoms with van der Waals surface area (Å²) in [6.45, 7) is 8.84. The quantitative estimate of drug-likeness (QED) is 0.237. The van der Waals surface area contributed by atoms with Crippen molar-refractivity contribution in [3.05, 3.63) is 0 Å². The lowest BCUT2D eigenvalue weighted by Crippen LogP contribution is -2.46. The number of unbranched alkanes of at least 4 members (excludes halogenated alkanes) is 3. The van der Waals surface area contributed by atoms with Crippen molar-refractivity contribution < 1.29 is 4.79 Å². The van der Waals surface area contributed by atoms with Gasteiger partial charge in [0.15, 0.2) is 5.96 Å². The number of hydrogen-bond donors (Lipinski definition) is 2. The summed E-state index contributed by atoms with van der Waals surface area (Å²) in [6, 6.07) is 0.703. The Morgan fingerprint density at radius 2 is 1.65 bits per heavy atom. The van der Waals surface area contributed by atoms with E-state index in [2.05, 4.69) is 43.3 Å². The van der Waals surface area contributed by atoms with Gasteiger partial charge < -0.3 is 15.5 Å². The lowest BCUT2D eigenvalue weighted by Gasteiger charge is -2.21. The van der Waals surface area contributed by atoms with Gasteiger partial charge in [-0.2, -0.15) is 0 Å². The average Bonchev–Trinajstić information content (AvgIpc) is 2.48. The monoisotopic (exact) mass is 440 g/mol. The highest BCUT2D eigenvalue weighted by Crippen LogP contribution is 2.05. The van der Waals surface area contributed by atoms with Gasteiger partial charge in [0.05, 0.1) is 0 Å². The number of rotatable bonds is 10. The predicted octanol–water partition coefficient (Wildman–Crippen LogP) is 3.39. The van der Waals surface area contributed by atoms with E-state index < -0.39 is 0 Å². The minimum atomic E-state index is 0. The molecule has 6 heteroatoms. The molecule has 0 aliphatic rings. The Kier molecular flexibility index (Phi) is 16.1. The molecule has 0 aliphatic heterocycles. The fourth-order valence-corrected chi connectivity index (χ4v) is 1.94. The third-order valence-corrected chi connectivity index (χ3v) is 3.74. The van der Waals surface area contributed by atoms with E-state index in [0.29, 0.717) is 12.1 Å². The standard InChI is InChI=1S/C17H36N4O.HI/c1-7-9-10-11-12-15(4)20-17(19-14(3)8-2)18-13-16(22)21(5)6;/h14-15H,7-13H2,1-6H3,(H2,18,19,20);1H. The number of carbonyl (C=O) groups is 1. The zero-order valence-electron chi connectivity index (χ0n) is 15.8. The van der Waals surface area contributed by atoms with Crippen LogP contribution in [0.2, 0.25) is 0 Å². The highest BCUT2D eigenvalue weighted by atomic mass is 127. The van der Waals surface area contributed by atoms with Crippen molar-refractivity contribution in [3.63, 3.8) is 0 Å². The fraction of sp³-hybridized carbons (Fsp3) is 0.882. The van der Waals surface area contributed by atoms with E-state index in [0.717, 1.165) is 18.8 Å². The molecule has 0 rings (SSSR count). The largest absolute Gasteiger partial charge is 0.354 e. The van der Waals surface area contributed by atoms with Crippen LogP contribution in [0.5, 0.6) is 0 Å². The first kappa shape index (κ1) is 24.7. The first-order valence-electron chi connectivity index (χ1n) is 8.68. The van der Waals surface area contributed by atoms with Gasteiger partial charge in [-0.1, -0.05) is 39.5 Å². The molecule has 0 saturated carbocycles. The van der Waals surface area contributed by atoms with Crippen LogP contribution in [0.3, 0.4) is 0 Å². The van der Waals surface area contributed by atoms with Crippen LogP contribution in [0.4, 0.5) is 0 Å². The normalized spacial score (nSPS) is 13.7. The Labute approximate surface area is 160 Å². The molecule has 0 spiro atoms. The third kappa shape index (κ3) is 13.6. The lowest BCUT2D eigenvalue weighted by molar-refractivity contribution is -0.127. The van der Waals surface area contributed by atoms with Crippen molar-refractivity contribution in [3.8, 4) is 0 Å². The number of nitrogens with zero attached hydrogens (tertiary/aromatic N) is 2. The molecule has 2 N–H and O–H groups in total. The molecule has 0 aromatic carbocycles.